The molecule has 0 radical (unpaired) electrons. The number of hydrogen-bond acceptors (Lipinski definition) is 3. The van der Waals surface area contributed by atoms with Gasteiger partial charge in [0.05, 0.1) is 0 Å². The predicted molar refractivity (Wildman–Crippen MR) is 57.3 cm³/mol. The molecule has 0 saturated heterocycles. The number of carbonyl (C=O) groups is 2. The number of Topliss-reactive ketones (excluding diaryl/α,β-unsaturated/α-hetero) is 1. The summed E-state index contributed by atoms with van der Waals surface area (Å²) in [6.45, 7) is 6.87. The summed E-state index contributed by atoms with van der Waals surface area (Å²) >= 11 is 0. The summed E-state index contributed by atoms with van der Waals surface area (Å²) in [6, 6.07) is 0. The van der Waals surface area contributed by atoms with E-state index in [2.05, 4.69) is 6.58 Å². The first-order valence-electron chi connectivity index (χ1n) is 5.02. The lowest BCUT2D eigenvalue weighted by Gasteiger charge is -2.25. The molecule has 3 nitrogen and oxygen atoms in total. The van der Waals surface area contributed by atoms with Gasteiger partial charge in [-0.05, 0) is 26.7 Å². The molecule has 0 aromatic heterocycles. The lowest BCUT2D eigenvalue weighted by molar-refractivity contribution is -0.156. The van der Waals surface area contributed by atoms with Gasteiger partial charge in [0.2, 0.25) is 0 Å². The number of hydrogen-bond donors (Lipinski definition) is 0. The second kappa shape index (κ2) is 4.43. The van der Waals surface area contributed by atoms with Crippen LogP contribution in [0.25, 0.3) is 0 Å². The summed E-state index contributed by atoms with van der Waals surface area (Å²) in [5.41, 5.74) is -0.215. The van der Waals surface area contributed by atoms with Crippen molar-refractivity contribution in [1.29, 1.82) is 0 Å². The van der Waals surface area contributed by atoms with Crippen molar-refractivity contribution < 1.29 is 14.3 Å². The minimum Gasteiger partial charge on any atom is -0.460 e. The van der Waals surface area contributed by atoms with E-state index >= 15 is 0 Å². The Hall–Kier alpha value is -1.38. The second-order valence-electron chi connectivity index (χ2n) is 3.77. The Bertz CT molecular complexity index is 328. The van der Waals surface area contributed by atoms with Crippen LogP contribution in [0, 0.1) is 5.41 Å². The van der Waals surface area contributed by atoms with Crippen LogP contribution in [-0.2, 0) is 14.3 Å². The minimum absolute atomic E-state index is 0.136. The van der Waals surface area contributed by atoms with Gasteiger partial charge in [-0.2, -0.15) is 0 Å². The lowest BCUT2D eigenvalue weighted by atomic mass is 9.78. The first kappa shape index (κ1) is 11.7. The fourth-order valence-electron chi connectivity index (χ4n) is 1.99. The Morgan fingerprint density at radius 2 is 2.33 bits per heavy atom. The zero-order valence-electron chi connectivity index (χ0n) is 9.21. The van der Waals surface area contributed by atoms with Gasteiger partial charge in [-0.3, -0.25) is 9.59 Å². The van der Waals surface area contributed by atoms with Gasteiger partial charge in [0.15, 0.2) is 5.78 Å². The number of allylic oxidation sites excluding steroid dienone is 1. The Labute approximate surface area is 89.8 Å². The van der Waals surface area contributed by atoms with Gasteiger partial charge in [0.25, 0.3) is 0 Å². The maximum absolute atomic E-state index is 11.8. The summed E-state index contributed by atoms with van der Waals surface area (Å²) in [6.07, 6.45) is 4.72. The predicted octanol–water partition coefficient (Wildman–Crippen LogP) is 2.03. The highest BCUT2D eigenvalue weighted by molar-refractivity contribution is 6.06. The van der Waals surface area contributed by atoms with E-state index in [0.717, 1.165) is 12.0 Å². The van der Waals surface area contributed by atoms with Gasteiger partial charge in [-0.1, -0.05) is 24.3 Å². The first-order chi connectivity index (χ1) is 7.05. The standard InChI is InChI=1S/C12H16O3/c1-4-8-15-11(14)12(10(3)13)7-5-6-9(12)2/h4,6H,1,5,7-8H2,2-3H3. The Balaban J connectivity index is 2.93. The third kappa shape index (κ3) is 1.87. The fourth-order valence-corrected chi connectivity index (χ4v) is 1.99. The molecule has 0 spiro atoms. The molecule has 1 rings (SSSR count). The van der Waals surface area contributed by atoms with Gasteiger partial charge in [-0.15, -0.1) is 0 Å². The zero-order chi connectivity index (χ0) is 11.5. The van der Waals surface area contributed by atoms with E-state index in [0.29, 0.717) is 6.42 Å². The van der Waals surface area contributed by atoms with Gasteiger partial charge in [0.1, 0.15) is 12.0 Å². The van der Waals surface area contributed by atoms with E-state index in [1.54, 1.807) is 0 Å². The van der Waals surface area contributed by atoms with E-state index in [-0.39, 0.29) is 12.4 Å². The van der Waals surface area contributed by atoms with Crippen LogP contribution >= 0.6 is 0 Å². The number of ketones is 1. The maximum atomic E-state index is 11.8. The Kier molecular flexibility index (Phi) is 3.45. The molecule has 1 aliphatic carbocycles. The topological polar surface area (TPSA) is 43.4 Å². The third-order valence-electron chi connectivity index (χ3n) is 2.92. The molecule has 3 heteroatoms. The normalized spacial score (nSPS) is 24.5. The molecule has 0 fully saturated rings. The van der Waals surface area contributed by atoms with Crippen molar-refractivity contribution in [3.8, 4) is 0 Å². The molecule has 15 heavy (non-hydrogen) atoms. The molecular weight excluding hydrogens is 192 g/mol. The summed E-state index contributed by atoms with van der Waals surface area (Å²) in [7, 11) is 0. The van der Waals surface area contributed by atoms with E-state index in [1.807, 2.05) is 13.0 Å². The molecule has 0 aliphatic heterocycles. The van der Waals surface area contributed by atoms with Crippen LogP contribution in [0.15, 0.2) is 24.3 Å². The lowest BCUT2D eigenvalue weighted by Crippen LogP contribution is -2.38. The first-order valence-corrected chi connectivity index (χ1v) is 5.02. The van der Waals surface area contributed by atoms with Crippen molar-refractivity contribution in [2.75, 3.05) is 6.61 Å². The number of carbonyl (C=O) groups excluding carboxylic acids is 2. The molecule has 1 unspecified atom stereocenters. The van der Waals surface area contributed by atoms with Crippen LogP contribution in [0.2, 0.25) is 0 Å². The van der Waals surface area contributed by atoms with Crippen molar-refractivity contribution in [1.82, 2.24) is 0 Å². The molecule has 82 valence electrons. The van der Waals surface area contributed by atoms with Crippen LogP contribution in [0.5, 0.6) is 0 Å². The number of ether oxygens (including phenoxy) is 1. The molecule has 0 N–H and O–H groups in total. The van der Waals surface area contributed by atoms with Crippen LogP contribution in [0.1, 0.15) is 26.7 Å². The Morgan fingerprint density at radius 1 is 1.67 bits per heavy atom. The quantitative estimate of drug-likeness (QED) is 0.403. The molecule has 0 amide bonds. The molecule has 0 saturated carbocycles. The molecule has 1 atom stereocenters. The SMILES string of the molecule is C=CCOC(=O)C1(C(C)=O)CCC=C1C. The van der Waals surface area contributed by atoms with Crippen molar-refractivity contribution >= 4 is 11.8 Å². The average molecular weight is 208 g/mol. The van der Waals surface area contributed by atoms with Gasteiger partial charge < -0.3 is 4.74 Å². The molecule has 0 heterocycles. The largest absolute Gasteiger partial charge is 0.460 e. The summed E-state index contributed by atoms with van der Waals surface area (Å²) in [4.78, 5) is 23.5. The molecule has 1 aliphatic rings. The molecule has 0 aromatic carbocycles. The molecule has 0 aromatic rings. The van der Waals surface area contributed by atoms with E-state index in [9.17, 15) is 9.59 Å². The number of esters is 1. The Morgan fingerprint density at radius 3 is 2.73 bits per heavy atom. The van der Waals surface area contributed by atoms with Gasteiger partial charge in [-0.25, -0.2) is 0 Å². The number of rotatable bonds is 4. The monoisotopic (exact) mass is 208 g/mol. The van der Waals surface area contributed by atoms with E-state index in [1.165, 1.54) is 13.0 Å². The smallest absolute Gasteiger partial charge is 0.324 e. The van der Waals surface area contributed by atoms with Gasteiger partial charge >= 0.3 is 5.97 Å². The molecule has 0 bridgehead atoms. The highest BCUT2D eigenvalue weighted by Crippen LogP contribution is 2.40. The van der Waals surface area contributed by atoms with Crippen LogP contribution in [0.4, 0.5) is 0 Å². The van der Waals surface area contributed by atoms with Crippen LogP contribution in [0.3, 0.4) is 0 Å². The van der Waals surface area contributed by atoms with Crippen molar-refractivity contribution in [2.24, 2.45) is 5.41 Å². The third-order valence-corrected chi connectivity index (χ3v) is 2.92. The van der Waals surface area contributed by atoms with Crippen molar-refractivity contribution in [3.63, 3.8) is 0 Å². The van der Waals surface area contributed by atoms with Crippen LogP contribution in [-0.4, -0.2) is 18.4 Å². The van der Waals surface area contributed by atoms with Crippen molar-refractivity contribution in [3.05, 3.63) is 24.3 Å². The van der Waals surface area contributed by atoms with E-state index < -0.39 is 11.4 Å². The minimum atomic E-state index is -1.02. The molecular formula is C12H16O3. The van der Waals surface area contributed by atoms with Crippen LogP contribution < -0.4 is 0 Å². The average Bonchev–Trinajstić information content (AvgIpc) is 2.57. The second-order valence-corrected chi connectivity index (χ2v) is 3.77. The highest BCUT2D eigenvalue weighted by Gasteiger charge is 2.47. The van der Waals surface area contributed by atoms with Gasteiger partial charge in [0, 0.05) is 0 Å². The maximum Gasteiger partial charge on any atom is 0.324 e. The summed E-state index contributed by atoms with van der Waals surface area (Å²) in [5.74, 6) is -0.580. The fraction of sp³-hybridized carbons (Fsp3) is 0.500. The van der Waals surface area contributed by atoms with E-state index in [4.69, 9.17) is 4.74 Å². The zero-order valence-corrected chi connectivity index (χ0v) is 9.21. The summed E-state index contributed by atoms with van der Waals surface area (Å²) in [5, 5.41) is 0. The summed E-state index contributed by atoms with van der Waals surface area (Å²) < 4.78 is 4.99. The highest BCUT2D eigenvalue weighted by atomic mass is 16.5. The van der Waals surface area contributed by atoms with Crippen molar-refractivity contribution in [2.45, 2.75) is 26.7 Å².